The molecule has 1 fully saturated rings. The molecule has 0 aromatic carbocycles. The number of fused-ring (bicyclic) bond motifs is 1. The van der Waals surface area contributed by atoms with E-state index >= 15 is 0 Å². The van der Waals surface area contributed by atoms with Gasteiger partial charge < -0.3 is 11.1 Å². The van der Waals surface area contributed by atoms with Crippen LogP contribution in [-0.4, -0.2) is 27.7 Å². The van der Waals surface area contributed by atoms with E-state index in [9.17, 15) is 0 Å². The first-order valence-electron chi connectivity index (χ1n) is 7.65. The molecule has 3 N–H and O–H groups in total. The van der Waals surface area contributed by atoms with Crippen LogP contribution in [0.1, 0.15) is 49.9 Å². The summed E-state index contributed by atoms with van der Waals surface area (Å²) < 4.78 is 1.95. The van der Waals surface area contributed by atoms with Crippen LogP contribution in [0.3, 0.4) is 0 Å². The molecule has 0 saturated heterocycles. The quantitative estimate of drug-likeness (QED) is 0.760. The van der Waals surface area contributed by atoms with Gasteiger partial charge in [-0.05, 0) is 32.2 Å². The van der Waals surface area contributed by atoms with Gasteiger partial charge in [0.2, 0.25) is 0 Å². The monoisotopic (exact) mass is 273 g/mol. The Morgan fingerprint density at radius 1 is 1.40 bits per heavy atom. The number of aryl methyl sites for hydroxylation is 1. The lowest BCUT2D eigenvalue weighted by Gasteiger charge is -2.09. The zero-order valence-electron chi connectivity index (χ0n) is 12.1. The largest absolute Gasteiger partial charge is 0.370 e. The second kappa shape index (κ2) is 5.79. The van der Waals surface area contributed by atoms with Gasteiger partial charge in [-0.15, -0.1) is 0 Å². The smallest absolute Gasteiger partial charge is 0.157 e. The number of hydrogen-bond donors (Lipinski definition) is 2. The molecule has 108 valence electrons. The van der Waals surface area contributed by atoms with Crippen LogP contribution < -0.4 is 11.1 Å². The minimum Gasteiger partial charge on any atom is -0.370 e. The second-order valence-corrected chi connectivity index (χ2v) is 5.57. The maximum Gasteiger partial charge on any atom is 0.157 e. The van der Waals surface area contributed by atoms with Crippen molar-refractivity contribution in [2.45, 2.75) is 44.9 Å². The molecule has 0 aliphatic heterocycles. The van der Waals surface area contributed by atoms with Gasteiger partial charge in [0.15, 0.2) is 5.65 Å². The van der Waals surface area contributed by atoms with Crippen LogP contribution >= 0.6 is 0 Å². The topological polar surface area (TPSA) is 68.2 Å². The highest BCUT2D eigenvalue weighted by atomic mass is 15.3. The first-order valence-corrected chi connectivity index (χ1v) is 7.65. The van der Waals surface area contributed by atoms with Crippen molar-refractivity contribution < 1.29 is 0 Å². The highest BCUT2D eigenvalue weighted by molar-refractivity contribution is 5.51. The average molecular weight is 273 g/mol. The molecule has 2 aromatic rings. The van der Waals surface area contributed by atoms with Gasteiger partial charge in [0.25, 0.3) is 0 Å². The third-order valence-electron chi connectivity index (χ3n) is 3.69. The molecule has 3 rings (SSSR count). The number of rotatable bonds is 7. The lowest BCUT2D eigenvalue weighted by molar-refractivity contribution is 0.824. The molecule has 0 amide bonds. The maximum absolute atomic E-state index is 5.56. The molecule has 0 bridgehead atoms. The molecular formula is C15H23N5. The van der Waals surface area contributed by atoms with Crippen LogP contribution in [0.5, 0.6) is 0 Å². The first-order chi connectivity index (χ1) is 9.81. The molecule has 1 aliphatic rings. The van der Waals surface area contributed by atoms with E-state index in [2.05, 4.69) is 24.4 Å². The number of nitrogens with one attached hydrogen (secondary N) is 1. The fraction of sp³-hybridized carbons (Fsp3) is 0.600. The third-order valence-corrected chi connectivity index (χ3v) is 3.69. The van der Waals surface area contributed by atoms with E-state index < -0.39 is 0 Å². The van der Waals surface area contributed by atoms with E-state index in [1.807, 2.05) is 4.52 Å². The van der Waals surface area contributed by atoms with Crippen LogP contribution in [0.4, 0.5) is 5.82 Å². The van der Waals surface area contributed by atoms with Gasteiger partial charge in [0, 0.05) is 30.3 Å². The van der Waals surface area contributed by atoms with Gasteiger partial charge in [0.1, 0.15) is 5.82 Å². The van der Waals surface area contributed by atoms with E-state index in [1.165, 1.54) is 18.5 Å². The molecule has 0 atom stereocenters. The summed E-state index contributed by atoms with van der Waals surface area (Å²) in [5.74, 6) is 1.70. The van der Waals surface area contributed by atoms with Crippen molar-refractivity contribution in [1.29, 1.82) is 0 Å². The van der Waals surface area contributed by atoms with Crippen LogP contribution in [0.25, 0.3) is 5.65 Å². The van der Waals surface area contributed by atoms with Crippen LogP contribution in [0, 0.1) is 0 Å². The van der Waals surface area contributed by atoms with Gasteiger partial charge in [-0.1, -0.05) is 13.3 Å². The molecule has 20 heavy (non-hydrogen) atoms. The normalized spacial score (nSPS) is 14.9. The van der Waals surface area contributed by atoms with Crippen LogP contribution in [0.15, 0.2) is 12.1 Å². The second-order valence-electron chi connectivity index (χ2n) is 5.57. The van der Waals surface area contributed by atoms with E-state index in [0.717, 1.165) is 43.0 Å². The van der Waals surface area contributed by atoms with Crippen LogP contribution in [-0.2, 0) is 6.42 Å². The summed E-state index contributed by atoms with van der Waals surface area (Å²) in [4.78, 5) is 4.72. The number of hydrogen-bond acceptors (Lipinski definition) is 4. The van der Waals surface area contributed by atoms with Gasteiger partial charge in [-0.3, -0.25) is 0 Å². The van der Waals surface area contributed by atoms with Crippen molar-refractivity contribution >= 4 is 11.5 Å². The maximum atomic E-state index is 5.56. The Balaban J connectivity index is 1.94. The molecule has 0 unspecified atom stereocenters. The summed E-state index contributed by atoms with van der Waals surface area (Å²) in [7, 11) is 0. The van der Waals surface area contributed by atoms with E-state index in [0.29, 0.717) is 12.5 Å². The highest BCUT2D eigenvalue weighted by Gasteiger charge is 2.27. The molecule has 5 nitrogen and oxygen atoms in total. The van der Waals surface area contributed by atoms with Gasteiger partial charge >= 0.3 is 0 Å². The van der Waals surface area contributed by atoms with Crippen LogP contribution in [0.2, 0.25) is 0 Å². The number of nitrogens with two attached hydrogens (primary N) is 1. The average Bonchev–Trinajstić information content (AvgIpc) is 3.19. The van der Waals surface area contributed by atoms with E-state index in [1.54, 1.807) is 0 Å². The Morgan fingerprint density at radius 2 is 2.25 bits per heavy atom. The van der Waals surface area contributed by atoms with Crippen molar-refractivity contribution in [3.63, 3.8) is 0 Å². The molecule has 2 aromatic heterocycles. The standard InChI is InChI=1S/C15H23N5/c1-2-4-12-9-14(17-8-3-7-16)20-15(18-12)10-13(19-20)11-5-6-11/h9-11,17H,2-8,16H2,1H3. The minimum absolute atomic E-state index is 0.656. The van der Waals surface area contributed by atoms with E-state index in [-0.39, 0.29) is 0 Å². The lowest BCUT2D eigenvalue weighted by Crippen LogP contribution is -2.12. The number of aromatic nitrogens is 3. The predicted molar refractivity (Wildman–Crippen MR) is 81.1 cm³/mol. The predicted octanol–water partition coefficient (Wildman–Crippen LogP) is 2.32. The molecule has 2 heterocycles. The first kappa shape index (κ1) is 13.4. The summed E-state index contributed by atoms with van der Waals surface area (Å²) in [6, 6.07) is 4.27. The molecule has 0 radical (unpaired) electrons. The summed E-state index contributed by atoms with van der Waals surface area (Å²) in [6.45, 7) is 3.76. The zero-order chi connectivity index (χ0) is 13.9. The fourth-order valence-electron chi connectivity index (χ4n) is 2.45. The van der Waals surface area contributed by atoms with Crippen molar-refractivity contribution in [1.82, 2.24) is 14.6 Å². The Hall–Kier alpha value is -1.62. The minimum atomic E-state index is 0.656. The van der Waals surface area contributed by atoms with Gasteiger partial charge in [-0.2, -0.15) is 9.61 Å². The summed E-state index contributed by atoms with van der Waals surface area (Å²) in [5, 5.41) is 8.16. The van der Waals surface area contributed by atoms with Crippen molar-refractivity contribution in [3.8, 4) is 0 Å². The summed E-state index contributed by atoms with van der Waals surface area (Å²) in [5.41, 5.74) is 8.85. The summed E-state index contributed by atoms with van der Waals surface area (Å²) in [6.07, 6.45) is 5.61. The Morgan fingerprint density at radius 3 is 2.95 bits per heavy atom. The molecule has 1 aliphatic carbocycles. The Kier molecular flexibility index (Phi) is 3.87. The van der Waals surface area contributed by atoms with Gasteiger partial charge in [0.05, 0.1) is 5.69 Å². The lowest BCUT2D eigenvalue weighted by atomic mass is 10.2. The SMILES string of the molecule is CCCc1cc(NCCCN)n2nc(C3CC3)cc2n1. The Labute approximate surface area is 119 Å². The summed E-state index contributed by atoms with van der Waals surface area (Å²) >= 11 is 0. The highest BCUT2D eigenvalue weighted by Crippen LogP contribution is 2.39. The molecule has 1 saturated carbocycles. The number of nitrogens with zero attached hydrogens (tertiary/aromatic N) is 3. The molecule has 0 spiro atoms. The van der Waals surface area contributed by atoms with E-state index in [4.69, 9.17) is 15.8 Å². The molecular weight excluding hydrogens is 250 g/mol. The molecule has 5 heteroatoms. The zero-order valence-corrected chi connectivity index (χ0v) is 12.1. The number of anilines is 1. The Bertz CT molecular complexity index is 585. The van der Waals surface area contributed by atoms with Crippen molar-refractivity contribution in [2.24, 2.45) is 5.73 Å². The van der Waals surface area contributed by atoms with Gasteiger partial charge in [-0.25, -0.2) is 4.98 Å². The third kappa shape index (κ3) is 2.77. The van der Waals surface area contributed by atoms with Crippen molar-refractivity contribution in [3.05, 3.63) is 23.5 Å². The fourth-order valence-corrected chi connectivity index (χ4v) is 2.45. The van der Waals surface area contributed by atoms with Crippen molar-refractivity contribution in [2.75, 3.05) is 18.4 Å².